The van der Waals surface area contributed by atoms with Crippen LogP contribution in [0.3, 0.4) is 0 Å². The summed E-state index contributed by atoms with van der Waals surface area (Å²) in [6, 6.07) is 1.99. The lowest BCUT2D eigenvalue weighted by atomic mass is 10.1. The summed E-state index contributed by atoms with van der Waals surface area (Å²) in [5.74, 6) is 1.22. The van der Waals surface area contributed by atoms with Crippen molar-refractivity contribution >= 4 is 11.9 Å². The normalized spacial score (nSPS) is 32.7. The summed E-state index contributed by atoms with van der Waals surface area (Å²) in [5.41, 5.74) is 0.175. The number of carbonyl (C=O) groups excluding carboxylic acids is 1. The molecule has 1 aromatic heterocycles. The average Bonchev–Trinajstić information content (AvgIpc) is 2.97. The highest BCUT2D eigenvalue weighted by molar-refractivity contribution is 5.83. The van der Waals surface area contributed by atoms with E-state index < -0.39 is 0 Å². The third kappa shape index (κ3) is 2.26. The van der Waals surface area contributed by atoms with Crippen LogP contribution in [0, 0.1) is 11.3 Å². The molecule has 2 aliphatic heterocycles. The van der Waals surface area contributed by atoms with Gasteiger partial charge in [-0.15, -0.1) is 0 Å². The molecule has 1 amide bonds. The summed E-state index contributed by atoms with van der Waals surface area (Å²) in [7, 11) is 0. The van der Waals surface area contributed by atoms with Crippen LogP contribution in [0.2, 0.25) is 0 Å². The molecule has 0 N–H and O–H groups in total. The van der Waals surface area contributed by atoms with Gasteiger partial charge in [-0.25, -0.2) is 9.97 Å². The second-order valence-electron chi connectivity index (χ2n) is 7.21. The number of carbonyl (C=O) groups is 1. The Bertz CT molecular complexity index is 577. The molecule has 3 heterocycles. The molecule has 0 bridgehead atoms. The van der Waals surface area contributed by atoms with Crippen molar-refractivity contribution in [1.82, 2.24) is 14.9 Å². The van der Waals surface area contributed by atoms with Crippen LogP contribution in [0.1, 0.15) is 20.3 Å². The van der Waals surface area contributed by atoms with E-state index in [1.807, 2.05) is 11.0 Å². The second-order valence-corrected chi connectivity index (χ2v) is 7.21. The lowest BCUT2D eigenvalue weighted by molar-refractivity contribution is -0.132. The number of rotatable bonds is 2. The van der Waals surface area contributed by atoms with Gasteiger partial charge in [0.05, 0.1) is 18.8 Å². The van der Waals surface area contributed by atoms with Crippen molar-refractivity contribution in [2.75, 3.05) is 31.1 Å². The molecule has 0 spiro atoms. The summed E-state index contributed by atoms with van der Waals surface area (Å²) in [6.45, 7) is 7.19. The van der Waals surface area contributed by atoms with E-state index in [1.54, 1.807) is 12.4 Å². The molecule has 0 aromatic carbocycles. The number of likely N-dealkylation sites (tertiary alicyclic amines) is 1. The third-order valence-corrected chi connectivity index (χ3v) is 5.23. The topological polar surface area (TPSA) is 58.6 Å². The van der Waals surface area contributed by atoms with E-state index in [-0.39, 0.29) is 29.4 Å². The highest BCUT2D eigenvalue weighted by Crippen LogP contribution is 2.52. The number of hydrogen-bond acceptors (Lipinski definition) is 5. The Morgan fingerprint density at radius 1 is 1.32 bits per heavy atom. The van der Waals surface area contributed by atoms with Crippen molar-refractivity contribution in [3.05, 3.63) is 18.5 Å². The summed E-state index contributed by atoms with van der Waals surface area (Å²) in [4.78, 5) is 25.5. The number of anilines is 1. The van der Waals surface area contributed by atoms with E-state index >= 15 is 0 Å². The molecular weight excluding hydrogens is 280 g/mol. The minimum Gasteiger partial charge on any atom is -0.372 e. The van der Waals surface area contributed by atoms with Gasteiger partial charge in [-0.1, -0.05) is 13.8 Å². The van der Waals surface area contributed by atoms with E-state index in [9.17, 15) is 4.79 Å². The van der Waals surface area contributed by atoms with Gasteiger partial charge in [0.15, 0.2) is 0 Å². The molecule has 6 nitrogen and oxygen atoms in total. The number of morpholine rings is 1. The average molecular weight is 302 g/mol. The smallest absolute Gasteiger partial charge is 0.226 e. The molecule has 2 saturated heterocycles. The Morgan fingerprint density at radius 2 is 2.05 bits per heavy atom. The van der Waals surface area contributed by atoms with Crippen LogP contribution < -0.4 is 4.90 Å². The van der Waals surface area contributed by atoms with Crippen molar-refractivity contribution in [2.45, 2.75) is 32.4 Å². The van der Waals surface area contributed by atoms with Gasteiger partial charge in [0.1, 0.15) is 0 Å². The monoisotopic (exact) mass is 302 g/mol. The first-order chi connectivity index (χ1) is 10.6. The highest BCUT2D eigenvalue weighted by Gasteiger charge is 2.54. The fraction of sp³-hybridized carbons (Fsp3) is 0.688. The molecule has 22 heavy (non-hydrogen) atoms. The van der Waals surface area contributed by atoms with Gasteiger partial charge < -0.3 is 14.5 Å². The van der Waals surface area contributed by atoms with E-state index in [2.05, 4.69) is 28.7 Å². The maximum absolute atomic E-state index is 12.6. The Kier molecular flexibility index (Phi) is 3.11. The number of amides is 1. The standard InChI is InChI=1S/C16H22N4O2/c1-16(2)8-11(16)14(21)19-9-12-13(10-19)22-7-6-20(12)15-17-4-3-5-18-15/h3-5,11-13H,6-10H2,1-2H3/t11?,12-,13-/m0/s1. The van der Waals surface area contributed by atoms with Gasteiger partial charge >= 0.3 is 0 Å². The molecule has 1 unspecified atom stereocenters. The molecule has 118 valence electrons. The summed E-state index contributed by atoms with van der Waals surface area (Å²) < 4.78 is 5.90. The molecule has 1 aliphatic carbocycles. The van der Waals surface area contributed by atoms with Crippen molar-refractivity contribution < 1.29 is 9.53 Å². The van der Waals surface area contributed by atoms with Crippen LogP contribution in [0.25, 0.3) is 0 Å². The lowest BCUT2D eigenvalue weighted by Gasteiger charge is -2.36. The van der Waals surface area contributed by atoms with Crippen LogP contribution in [-0.2, 0) is 9.53 Å². The first-order valence-electron chi connectivity index (χ1n) is 8.00. The molecule has 3 aliphatic rings. The predicted octanol–water partition coefficient (Wildman–Crippen LogP) is 0.939. The maximum Gasteiger partial charge on any atom is 0.226 e. The first kappa shape index (κ1) is 13.9. The summed E-state index contributed by atoms with van der Waals surface area (Å²) in [6.07, 6.45) is 4.60. The van der Waals surface area contributed by atoms with Crippen molar-refractivity contribution in [2.24, 2.45) is 11.3 Å². The van der Waals surface area contributed by atoms with Crippen LogP contribution in [0.4, 0.5) is 5.95 Å². The Hall–Kier alpha value is -1.69. The quantitative estimate of drug-likeness (QED) is 0.814. The number of aromatic nitrogens is 2. The molecule has 3 fully saturated rings. The van der Waals surface area contributed by atoms with E-state index in [0.717, 1.165) is 18.9 Å². The zero-order valence-corrected chi connectivity index (χ0v) is 13.1. The highest BCUT2D eigenvalue weighted by atomic mass is 16.5. The largest absolute Gasteiger partial charge is 0.372 e. The van der Waals surface area contributed by atoms with Gasteiger partial charge in [-0.3, -0.25) is 4.79 Å². The minimum absolute atomic E-state index is 0.0726. The third-order valence-electron chi connectivity index (χ3n) is 5.23. The fourth-order valence-electron chi connectivity index (χ4n) is 3.67. The second kappa shape index (κ2) is 4.91. The Balaban J connectivity index is 1.50. The fourth-order valence-corrected chi connectivity index (χ4v) is 3.67. The van der Waals surface area contributed by atoms with Crippen LogP contribution in [-0.4, -0.2) is 59.2 Å². The van der Waals surface area contributed by atoms with Crippen molar-refractivity contribution in [1.29, 1.82) is 0 Å². The number of fused-ring (bicyclic) bond motifs is 1. The van der Waals surface area contributed by atoms with Crippen LogP contribution >= 0.6 is 0 Å². The molecule has 6 heteroatoms. The van der Waals surface area contributed by atoms with Crippen molar-refractivity contribution in [3.8, 4) is 0 Å². The molecule has 1 saturated carbocycles. The Morgan fingerprint density at radius 3 is 2.73 bits per heavy atom. The molecule has 1 aromatic rings. The van der Waals surface area contributed by atoms with E-state index in [1.165, 1.54) is 0 Å². The maximum atomic E-state index is 12.6. The van der Waals surface area contributed by atoms with Gasteiger partial charge in [0.2, 0.25) is 11.9 Å². The summed E-state index contributed by atoms with van der Waals surface area (Å²) >= 11 is 0. The number of ether oxygens (including phenoxy) is 1. The van der Waals surface area contributed by atoms with Gasteiger partial charge in [-0.05, 0) is 17.9 Å². The molecule has 0 radical (unpaired) electrons. The first-order valence-corrected chi connectivity index (χ1v) is 8.00. The van der Waals surface area contributed by atoms with Gasteiger partial charge in [-0.2, -0.15) is 0 Å². The van der Waals surface area contributed by atoms with E-state index in [0.29, 0.717) is 19.7 Å². The number of nitrogens with zero attached hydrogens (tertiary/aromatic N) is 4. The zero-order chi connectivity index (χ0) is 15.3. The minimum atomic E-state index is 0.0726. The SMILES string of the molecule is CC1(C)CC1C(=O)N1C[C@@H]2OCCN(c3ncccn3)[C@H]2C1. The molecule has 3 atom stereocenters. The Labute approximate surface area is 130 Å². The predicted molar refractivity (Wildman–Crippen MR) is 81.4 cm³/mol. The lowest BCUT2D eigenvalue weighted by Crippen LogP contribution is -2.51. The van der Waals surface area contributed by atoms with E-state index in [4.69, 9.17) is 4.74 Å². The van der Waals surface area contributed by atoms with Crippen LogP contribution in [0.5, 0.6) is 0 Å². The van der Waals surface area contributed by atoms with Crippen LogP contribution in [0.15, 0.2) is 18.5 Å². The molecular formula is C16H22N4O2. The van der Waals surface area contributed by atoms with Crippen molar-refractivity contribution in [3.63, 3.8) is 0 Å². The molecule has 4 rings (SSSR count). The van der Waals surface area contributed by atoms with Gasteiger partial charge in [0, 0.05) is 37.9 Å². The summed E-state index contributed by atoms with van der Waals surface area (Å²) in [5, 5.41) is 0. The van der Waals surface area contributed by atoms with Gasteiger partial charge in [0.25, 0.3) is 0 Å². The number of hydrogen-bond donors (Lipinski definition) is 0. The zero-order valence-electron chi connectivity index (χ0n) is 13.1.